The van der Waals surface area contributed by atoms with Crippen LogP contribution in [-0.4, -0.2) is 18.2 Å². The first-order chi connectivity index (χ1) is 10.3. The van der Waals surface area contributed by atoms with Crippen molar-refractivity contribution in [3.05, 3.63) is 65.7 Å². The van der Waals surface area contributed by atoms with Gasteiger partial charge in [-0.3, -0.25) is 4.57 Å². The van der Waals surface area contributed by atoms with Gasteiger partial charge in [0.05, 0.1) is 11.2 Å². The van der Waals surface area contributed by atoms with Crippen molar-refractivity contribution in [1.29, 1.82) is 0 Å². The molecule has 2 nitrogen and oxygen atoms in total. The van der Waals surface area contributed by atoms with Crippen LogP contribution in [-0.2, 0) is 0 Å². The van der Waals surface area contributed by atoms with Crippen molar-refractivity contribution < 1.29 is 0 Å². The summed E-state index contributed by atoms with van der Waals surface area (Å²) < 4.78 is 2.39. The predicted molar refractivity (Wildman–Crippen MR) is 90.3 cm³/mol. The highest BCUT2D eigenvalue weighted by atomic mass is 15.2. The Morgan fingerprint density at radius 1 is 0.952 bits per heavy atom. The highest BCUT2D eigenvalue weighted by molar-refractivity contribution is 5.98. The molecule has 0 radical (unpaired) electrons. The summed E-state index contributed by atoms with van der Waals surface area (Å²) in [6.07, 6.45) is 4.49. The first-order valence-corrected chi connectivity index (χ1v) is 7.34. The highest BCUT2D eigenvalue weighted by Crippen LogP contribution is 2.38. The molecule has 2 heterocycles. The van der Waals surface area contributed by atoms with Crippen LogP contribution in [0.3, 0.4) is 0 Å². The third-order valence-electron chi connectivity index (χ3n) is 4.27. The van der Waals surface area contributed by atoms with E-state index in [2.05, 4.69) is 84.1 Å². The van der Waals surface area contributed by atoms with Crippen LogP contribution in [0.1, 0.15) is 11.1 Å². The monoisotopic (exact) mass is 274 g/mol. The SMILES string of the molecule is Cc1ccccc1-n1c2c(c3ccccc31)C=CCN2C. The number of hydrogen-bond acceptors (Lipinski definition) is 1. The Balaban J connectivity index is 2.16. The zero-order chi connectivity index (χ0) is 14.4. The summed E-state index contributed by atoms with van der Waals surface area (Å²) in [5.41, 5.74) is 5.15. The molecular formula is C19H18N2. The summed E-state index contributed by atoms with van der Waals surface area (Å²) in [7, 11) is 2.16. The molecule has 4 rings (SSSR count). The number of benzene rings is 2. The molecule has 3 aromatic rings. The molecule has 0 bridgehead atoms. The number of anilines is 1. The molecule has 2 aromatic carbocycles. The van der Waals surface area contributed by atoms with E-state index in [1.54, 1.807) is 0 Å². The van der Waals surface area contributed by atoms with Crippen molar-refractivity contribution in [2.75, 3.05) is 18.5 Å². The largest absolute Gasteiger partial charge is 0.357 e. The lowest BCUT2D eigenvalue weighted by Crippen LogP contribution is -2.22. The van der Waals surface area contributed by atoms with Gasteiger partial charge < -0.3 is 4.90 Å². The maximum Gasteiger partial charge on any atom is 0.121 e. The van der Waals surface area contributed by atoms with Crippen molar-refractivity contribution in [2.24, 2.45) is 0 Å². The molecule has 1 aliphatic rings. The molecular weight excluding hydrogens is 256 g/mol. The Kier molecular flexibility index (Phi) is 2.64. The van der Waals surface area contributed by atoms with Gasteiger partial charge in [0.1, 0.15) is 5.82 Å². The van der Waals surface area contributed by atoms with Crippen LogP contribution in [0.4, 0.5) is 5.82 Å². The van der Waals surface area contributed by atoms with Crippen LogP contribution in [0.5, 0.6) is 0 Å². The lowest BCUT2D eigenvalue weighted by atomic mass is 10.1. The Morgan fingerprint density at radius 2 is 1.71 bits per heavy atom. The molecule has 0 spiro atoms. The molecule has 1 aromatic heterocycles. The number of para-hydroxylation sites is 2. The molecule has 1 aliphatic heterocycles. The van der Waals surface area contributed by atoms with Crippen LogP contribution in [0.15, 0.2) is 54.6 Å². The van der Waals surface area contributed by atoms with Gasteiger partial charge in [0, 0.05) is 24.5 Å². The molecule has 0 amide bonds. The van der Waals surface area contributed by atoms with Gasteiger partial charge in [-0.25, -0.2) is 0 Å². The topological polar surface area (TPSA) is 8.17 Å². The lowest BCUT2D eigenvalue weighted by Gasteiger charge is -2.25. The number of nitrogens with zero attached hydrogens (tertiary/aromatic N) is 2. The summed E-state index contributed by atoms with van der Waals surface area (Å²) in [6.45, 7) is 3.13. The molecule has 0 saturated carbocycles. The molecule has 0 aliphatic carbocycles. The predicted octanol–water partition coefficient (Wildman–Crippen LogP) is 4.40. The van der Waals surface area contributed by atoms with Gasteiger partial charge in [0.2, 0.25) is 0 Å². The number of likely N-dealkylation sites (N-methyl/N-ethyl adjacent to an activating group) is 1. The molecule has 2 heteroatoms. The summed E-state index contributed by atoms with van der Waals surface area (Å²) in [5.74, 6) is 1.29. The molecule has 0 atom stereocenters. The smallest absolute Gasteiger partial charge is 0.121 e. The second-order valence-corrected chi connectivity index (χ2v) is 5.66. The molecule has 0 fully saturated rings. The minimum absolute atomic E-state index is 0.954. The van der Waals surface area contributed by atoms with Gasteiger partial charge in [-0.05, 0) is 24.6 Å². The highest BCUT2D eigenvalue weighted by Gasteiger charge is 2.21. The van der Waals surface area contributed by atoms with E-state index in [4.69, 9.17) is 0 Å². The Morgan fingerprint density at radius 3 is 2.57 bits per heavy atom. The fourth-order valence-corrected chi connectivity index (χ4v) is 3.27. The van der Waals surface area contributed by atoms with Gasteiger partial charge in [0.25, 0.3) is 0 Å². The molecule has 104 valence electrons. The second kappa shape index (κ2) is 4.52. The van der Waals surface area contributed by atoms with Gasteiger partial charge in [-0.15, -0.1) is 0 Å². The second-order valence-electron chi connectivity index (χ2n) is 5.66. The van der Waals surface area contributed by atoms with E-state index >= 15 is 0 Å². The molecule has 0 N–H and O–H groups in total. The molecule has 21 heavy (non-hydrogen) atoms. The Labute approximate surface area is 124 Å². The zero-order valence-corrected chi connectivity index (χ0v) is 12.4. The van der Waals surface area contributed by atoms with Gasteiger partial charge in [-0.1, -0.05) is 48.6 Å². The summed E-state index contributed by atoms with van der Waals surface area (Å²) in [5, 5.41) is 1.32. The maximum atomic E-state index is 2.39. The minimum Gasteiger partial charge on any atom is -0.357 e. The summed E-state index contributed by atoms with van der Waals surface area (Å²) in [4.78, 5) is 2.32. The van der Waals surface area contributed by atoms with Crippen LogP contribution in [0.2, 0.25) is 0 Å². The van der Waals surface area contributed by atoms with E-state index in [1.165, 1.54) is 33.5 Å². The van der Waals surface area contributed by atoms with E-state index < -0.39 is 0 Å². The zero-order valence-electron chi connectivity index (χ0n) is 12.4. The third-order valence-corrected chi connectivity index (χ3v) is 4.27. The fraction of sp³-hybridized carbons (Fsp3) is 0.158. The third kappa shape index (κ3) is 1.72. The Bertz CT molecular complexity index is 855. The lowest BCUT2D eigenvalue weighted by molar-refractivity contribution is 0.941. The first-order valence-electron chi connectivity index (χ1n) is 7.34. The number of aryl methyl sites for hydroxylation is 1. The number of rotatable bonds is 1. The van der Waals surface area contributed by atoms with Gasteiger partial charge in [-0.2, -0.15) is 0 Å². The van der Waals surface area contributed by atoms with E-state index in [1.807, 2.05) is 0 Å². The van der Waals surface area contributed by atoms with E-state index in [-0.39, 0.29) is 0 Å². The van der Waals surface area contributed by atoms with Crippen molar-refractivity contribution >= 4 is 22.8 Å². The van der Waals surface area contributed by atoms with Gasteiger partial charge >= 0.3 is 0 Å². The first kappa shape index (κ1) is 12.3. The number of hydrogen-bond donors (Lipinski definition) is 0. The van der Waals surface area contributed by atoms with Crippen molar-refractivity contribution in [3.8, 4) is 5.69 Å². The minimum atomic E-state index is 0.954. The fourth-order valence-electron chi connectivity index (χ4n) is 3.27. The molecule has 0 unspecified atom stereocenters. The number of fused-ring (bicyclic) bond motifs is 3. The van der Waals surface area contributed by atoms with Crippen LogP contribution in [0, 0.1) is 6.92 Å². The van der Waals surface area contributed by atoms with Crippen LogP contribution in [0.25, 0.3) is 22.7 Å². The summed E-state index contributed by atoms with van der Waals surface area (Å²) >= 11 is 0. The Hall–Kier alpha value is -2.48. The van der Waals surface area contributed by atoms with Crippen LogP contribution >= 0.6 is 0 Å². The quantitative estimate of drug-likeness (QED) is 0.638. The summed E-state index contributed by atoms with van der Waals surface area (Å²) in [6, 6.07) is 17.2. The average Bonchev–Trinajstić information content (AvgIpc) is 2.84. The number of aromatic nitrogens is 1. The van der Waals surface area contributed by atoms with Crippen molar-refractivity contribution in [2.45, 2.75) is 6.92 Å². The van der Waals surface area contributed by atoms with Crippen LogP contribution < -0.4 is 4.90 Å². The normalized spacial score (nSPS) is 13.7. The average molecular weight is 274 g/mol. The van der Waals surface area contributed by atoms with E-state index in [0.29, 0.717) is 0 Å². The van der Waals surface area contributed by atoms with Crippen molar-refractivity contribution in [3.63, 3.8) is 0 Å². The van der Waals surface area contributed by atoms with E-state index in [9.17, 15) is 0 Å². The van der Waals surface area contributed by atoms with Crippen molar-refractivity contribution in [1.82, 2.24) is 4.57 Å². The maximum absolute atomic E-state index is 2.39. The standard InChI is InChI=1S/C19H18N2/c1-14-8-3-5-11-17(14)21-18-12-6-4-9-15(18)16-10-7-13-20(2)19(16)21/h3-12H,13H2,1-2H3. The van der Waals surface area contributed by atoms with Gasteiger partial charge in [0.15, 0.2) is 0 Å². The molecule has 0 saturated heterocycles. The van der Waals surface area contributed by atoms with E-state index in [0.717, 1.165) is 6.54 Å².